The summed E-state index contributed by atoms with van der Waals surface area (Å²) in [6, 6.07) is 0.753. The first kappa shape index (κ1) is 14.8. The summed E-state index contributed by atoms with van der Waals surface area (Å²) in [6.45, 7) is 7.61. The molecule has 0 aromatic heterocycles. The summed E-state index contributed by atoms with van der Waals surface area (Å²) in [5, 5.41) is 2.72. The van der Waals surface area contributed by atoms with Gasteiger partial charge in [0.1, 0.15) is 0 Å². The number of likely N-dealkylation sites (tertiary alicyclic amines) is 2. The number of nitrogens with one attached hydrogen (secondary N) is 1. The summed E-state index contributed by atoms with van der Waals surface area (Å²) < 4.78 is 0. The number of hydrogen-bond donors (Lipinski definition) is 1. The van der Waals surface area contributed by atoms with Gasteiger partial charge < -0.3 is 10.2 Å². The number of carbonyl (C=O) groups is 1. The van der Waals surface area contributed by atoms with Crippen molar-refractivity contribution in [3.05, 3.63) is 0 Å². The second kappa shape index (κ2) is 7.25. The second-order valence-electron chi connectivity index (χ2n) is 6.26. The molecule has 110 valence electrons. The third kappa shape index (κ3) is 4.46. The molecule has 2 rings (SSSR count). The van der Waals surface area contributed by atoms with E-state index in [0.717, 1.165) is 25.0 Å². The molecule has 0 aromatic rings. The van der Waals surface area contributed by atoms with Crippen molar-refractivity contribution in [2.45, 2.75) is 45.1 Å². The fraction of sp³-hybridized carbons (Fsp3) is 0.933. The Hall–Kier alpha value is -0.610. The molecule has 4 heteroatoms. The lowest BCUT2D eigenvalue weighted by Crippen LogP contribution is -2.47. The molecule has 2 saturated heterocycles. The number of amides is 1. The predicted molar refractivity (Wildman–Crippen MR) is 78.1 cm³/mol. The summed E-state index contributed by atoms with van der Waals surface area (Å²) in [5.41, 5.74) is 0. The first-order valence-corrected chi connectivity index (χ1v) is 7.86. The predicted octanol–water partition coefficient (Wildman–Crippen LogP) is 1.32. The molecule has 1 amide bonds. The van der Waals surface area contributed by atoms with Gasteiger partial charge in [-0.2, -0.15) is 0 Å². The van der Waals surface area contributed by atoms with E-state index in [1.165, 1.54) is 45.2 Å². The maximum atomic E-state index is 11.5. The van der Waals surface area contributed by atoms with Gasteiger partial charge in [0.2, 0.25) is 5.91 Å². The normalized spacial score (nSPS) is 30.2. The summed E-state index contributed by atoms with van der Waals surface area (Å²) in [7, 11) is 1.72. The Morgan fingerprint density at radius 3 is 2.79 bits per heavy atom. The van der Waals surface area contributed by atoms with Gasteiger partial charge in [-0.25, -0.2) is 0 Å². The largest absolute Gasteiger partial charge is 0.358 e. The zero-order valence-electron chi connectivity index (χ0n) is 12.5. The molecule has 0 spiro atoms. The van der Waals surface area contributed by atoms with Crippen LogP contribution in [0.15, 0.2) is 0 Å². The lowest BCUT2D eigenvalue weighted by Gasteiger charge is -2.39. The number of nitrogens with zero attached hydrogens (tertiary/aromatic N) is 2. The van der Waals surface area contributed by atoms with Crippen molar-refractivity contribution >= 4 is 5.91 Å². The van der Waals surface area contributed by atoms with Crippen molar-refractivity contribution in [2.75, 3.05) is 39.8 Å². The maximum absolute atomic E-state index is 11.5. The third-order valence-electron chi connectivity index (χ3n) is 4.68. The number of piperidine rings is 2. The van der Waals surface area contributed by atoms with Crippen LogP contribution < -0.4 is 5.32 Å². The van der Waals surface area contributed by atoms with Crippen LogP contribution in [-0.2, 0) is 4.79 Å². The minimum atomic E-state index is 0.145. The molecule has 19 heavy (non-hydrogen) atoms. The van der Waals surface area contributed by atoms with Gasteiger partial charge in [-0.05, 0) is 51.6 Å². The molecule has 4 nitrogen and oxygen atoms in total. The highest BCUT2D eigenvalue weighted by molar-refractivity contribution is 5.77. The first-order chi connectivity index (χ1) is 9.19. The van der Waals surface area contributed by atoms with Crippen LogP contribution in [0.4, 0.5) is 0 Å². The van der Waals surface area contributed by atoms with Crippen LogP contribution in [0.3, 0.4) is 0 Å². The molecular weight excluding hydrogens is 238 g/mol. The quantitative estimate of drug-likeness (QED) is 0.834. The highest BCUT2D eigenvalue weighted by Crippen LogP contribution is 2.22. The topological polar surface area (TPSA) is 35.6 Å². The molecule has 2 unspecified atom stereocenters. The molecule has 2 aliphatic heterocycles. The summed E-state index contributed by atoms with van der Waals surface area (Å²) in [5.74, 6) is 0.894. The van der Waals surface area contributed by atoms with Crippen LogP contribution in [0.2, 0.25) is 0 Å². The molecule has 2 fully saturated rings. The Balaban J connectivity index is 1.78. The van der Waals surface area contributed by atoms with Gasteiger partial charge in [0.15, 0.2) is 0 Å². The molecule has 0 aromatic carbocycles. The maximum Gasteiger partial charge on any atom is 0.233 e. The van der Waals surface area contributed by atoms with Crippen LogP contribution in [0.25, 0.3) is 0 Å². The highest BCUT2D eigenvalue weighted by atomic mass is 16.1. The standard InChI is InChI=1S/C15H29N3O/c1-13-6-3-4-9-18(13)11-14-7-5-8-17(10-14)12-15(19)16-2/h13-14H,3-12H2,1-2H3,(H,16,19). The minimum absolute atomic E-state index is 0.145. The molecule has 0 aliphatic carbocycles. The SMILES string of the molecule is CNC(=O)CN1CCCC(CN2CCCCC2C)C1. The Kier molecular flexibility index (Phi) is 5.64. The summed E-state index contributed by atoms with van der Waals surface area (Å²) in [6.07, 6.45) is 6.68. The van der Waals surface area contributed by atoms with Crippen molar-refractivity contribution in [1.29, 1.82) is 0 Å². The van der Waals surface area contributed by atoms with E-state index >= 15 is 0 Å². The van der Waals surface area contributed by atoms with E-state index in [1.807, 2.05) is 0 Å². The fourth-order valence-electron chi connectivity index (χ4n) is 3.49. The number of likely N-dealkylation sites (N-methyl/N-ethyl adjacent to an activating group) is 1. The molecule has 0 bridgehead atoms. The van der Waals surface area contributed by atoms with Gasteiger partial charge >= 0.3 is 0 Å². The Morgan fingerprint density at radius 2 is 2.05 bits per heavy atom. The zero-order valence-corrected chi connectivity index (χ0v) is 12.5. The van der Waals surface area contributed by atoms with Gasteiger partial charge in [0.25, 0.3) is 0 Å². The third-order valence-corrected chi connectivity index (χ3v) is 4.68. The molecular formula is C15H29N3O. The minimum Gasteiger partial charge on any atom is -0.358 e. The fourth-order valence-corrected chi connectivity index (χ4v) is 3.49. The van der Waals surface area contributed by atoms with E-state index in [1.54, 1.807) is 7.05 Å². The van der Waals surface area contributed by atoms with Crippen LogP contribution >= 0.6 is 0 Å². The molecule has 2 heterocycles. The van der Waals surface area contributed by atoms with Crippen molar-refractivity contribution in [3.63, 3.8) is 0 Å². The second-order valence-corrected chi connectivity index (χ2v) is 6.26. The van der Waals surface area contributed by atoms with Crippen molar-refractivity contribution < 1.29 is 4.79 Å². The van der Waals surface area contributed by atoms with Crippen LogP contribution in [0.1, 0.15) is 39.0 Å². The molecule has 2 atom stereocenters. The summed E-state index contributed by atoms with van der Waals surface area (Å²) >= 11 is 0. The van der Waals surface area contributed by atoms with Crippen LogP contribution in [0.5, 0.6) is 0 Å². The number of carbonyl (C=O) groups excluding carboxylic acids is 1. The van der Waals surface area contributed by atoms with E-state index in [-0.39, 0.29) is 5.91 Å². The van der Waals surface area contributed by atoms with Crippen molar-refractivity contribution in [1.82, 2.24) is 15.1 Å². The highest BCUT2D eigenvalue weighted by Gasteiger charge is 2.26. The monoisotopic (exact) mass is 267 g/mol. The molecule has 0 radical (unpaired) electrons. The van der Waals surface area contributed by atoms with Gasteiger partial charge in [-0.15, -0.1) is 0 Å². The Bertz CT molecular complexity index is 295. The van der Waals surface area contributed by atoms with Gasteiger partial charge in [0, 0.05) is 26.2 Å². The van der Waals surface area contributed by atoms with E-state index in [0.29, 0.717) is 6.54 Å². The smallest absolute Gasteiger partial charge is 0.233 e. The average molecular weight is 267 g/mol. The number of rotatable bonds is 4. The van der Waals surface area contributed by atoms with E-state index in [2.05, 4.69) is 22.0 Å². The lowest BCUT2D eigenvalue weighted by molar-refractivity contribution is -0.122. The number of hydrogen-bond acceptors (Lipinski definition) is 3. The molecule has 2 aliphatic rings. The molecule has 1 N–H and O–H groups in total. The lowest BCUT2D eigenvalue weighted by atomic mass is 9.95. The summed E-state index contributed by atoms with van der Waals surface area (Å²) in [4.78, 5) is 16.5. The van der Waals surface area contributed by atoms with E-state index in [4.69, 9.17) is 0 Å². The average Bonchev–Trinajstić information content (AvgIpc) is 2.42. The van der Waals surface area contributed by atoms with Crippen molar-refractivity contribution in [2.24, 2.45) is 5.92 Å². The Morgan fingerprint density at radius 1 is 1.21 bits per heavy atom. The van der Waals surface area contributed by atoms with Gasteiger partial charge in [0.05, 0.1) is 6.54 Å². The van der Waals surface area contributed by atoms with E-state index < -0.39 is 0 Å². The molecule has 0 saturated carbocycles. The Labute approximate surface area is 117 Å². The van der Waals surface area contributed by atoms with Gasteiger partial charge in [-0.3, -0.25) is 9.69 Å². The van der Waals surface area contributed by atoms with Crippen LogP contribution in [-0.4, -0.2) is 61.5 Å². The van der Waals surface area contributed by atoms with Crippen molar-refractivity contribution in [3.8, 4) is 0 Å². The van der Waals surface area contributed by atoms with Crippen LogP contribution in [0, 0.1) is 5.92 Å². The first-order valence-electron chi connectivity index (χ1n) is 7.86. The zero-order chi connectivity index (χ0) is 13.7. The van der Waals surface area contributed by atoms with Gasteiger partial charge in [-0.1, -0.05) is 6.42 Å². The van der Waals surface area contributed by atoms with E-state index in [9.17, 15) is 4.79 Å².